The van der Waals surface area contributed by atoms with Crippen LogP contribution in [0.3, 0.4) is 0 Å². The third-order valence-electron chi connectivity index (χ3n) is 3.72. The summed E-state index contributed by atoms with van der Waals surface area (Å²) in [4.78, 5) is 14.2. The number of hydrogen-bond donors (Lipinski definition) is 1. The van der Waals surface area contributed by atoms with Crippen LogP contribution in [0, 0.1) is 18.8 Å². The fourth-order valence-electron chi connectivity index (χ4n) is 2.35. The lowest BCUT2D eigenvalue weighted by Crippen LogP contribution is -2.29. The molecule has 1 amide bonds. The van der Waals surface area contributed by atoms with Crippen LogP contribution >= 0.6 is 0 Å². The lowest BCUT2D eigenvalue weighted by Gasteiger charge is -2.17. The molecule has 0 spiro atoms. The maximum Gasteiger partial charge on any atom is 0.254 e. The summed E-state index contributed by atoms with van der Waals surface area (Å²) in [5.41, 5.74) is 1.53. The van der Waals surface area contributed by atoms with E-state index in [0.29, 0.717) is 17.4 Å². The molecule has 1 aliphatic heterocycles. The van der Waals surface area contributed by atoms with Gasteiger partial charge >= 0.3 is 0 Å². The van der Waals surface area contributed by atoms with Crippen molar-refractivity contribution in [3.05, 3.63) is 29.3 Å². The second kappa shape index (κ2) is 4.40. The largest absolute Gasteiger partial charge is 0.508 e. The van der Waals surface area contributed by atoms with Gasteiger partial charge in [-0.05, 0) is 42.5 Å². The van der Waals surface area contributed by atoms with Crippen molar-refractivity contribution in [2.24, 2.45) is 11.8 Å². The molecule has 1 heterocycles. The normalized spacial score (nSPS) is 24.1. The molecular weight excluding hydrogens is 214 g/mol. The highest BCUT2D eigenvalue weighted by Crippen LogP contribution is 2.25. The van der Waals surface area contributed by atoms with E-state index in [0.717, 1.165) is 18.7 Å². The molecule has 0 radical (unpaired) electrons. The van der Waals surface area contributed by atoms with E-state index in [2.05, 4.69) is 13.8 Å². The SMILES string of the molecule is Cc1cc(O)ccc1C(=O)N1CC(C)C(C)C1. The van der Waals surface area contributed by atoms with Crippen molar-refractivity contribution in [1.82, 2.24) is 4.90 Å². The van der Waals surface area contributed by atoms with Crippen molar-refractivity contribution in [2.75, 3.05) is 13.1 Å². The first kappa shape index (κ1) is 12.0. The smallest absolute Gasteiger partial charge is 0.254 e. The van der Waals surface area contributed by atoms with E-state index in [1.807, 2.05) is 11.8 Å². The Kier molecular flexibility index (Phi) is 3.09. The number of phenols is 1. The fraction of sp³-hybridized carbons (Fsp3) is 0.500. The number of carbonyl (C=O) groups is 1. The molecule has 1 saturated heterocycles. The number of aromatic hydroxyl groups is 1. The number of benzene rings is 1. The van der Waals surface area contributed by atoms with Gasteiger partial charge in [-0.1, -0.05) is 13.8 Å². The highest BCUT2D eigenvalue weighted by atomic mass is 16.3. The Hall–Kier alpha value is -1.51. The molecule has 1 aromatic rings. The Bertz CT molecular complexity index is 432. The quantitative estimate of drug-likeness (QED) is 0.809. The van der Waals surface area contributed by atoms with Gasteiger partial charge < -0.3 is 10.0 Å². The Morgan fingerprint density at radius 2 is 1.88 bits per heavy atom. The fourth-order valence-corrected chi connectivity index (χ4v) is 2.35. The summed E-state index contributed by atoms with van der Waals surface area (Å²) in [6, 6.07) is 4.92. The van der Waals surface area contributed by atoms with Gasteiger partial charge in [0.25, 0.3) is 5.91 Å². The molecule has 1 fully saturated rings. The third-order valence-corrected chi connectivity index (χ3v) is 3.72. The molecule has 2 unspecified atom stereocenters. The number of amides is 1. The Morgan fingerprint density at radius 1 is 1.29 bits per heavy atom. The molecule has 0 saturated carbocycles. The van der Waals surface area contributed by atoms with Gasteiger partial charge in [0.15, 0.2) is 0 Å². The Labute approximate surface area is 102 Å². The molecule has 2 rings (SSSR count). The second-order valence-corrected chi connectivity index (χ2v) is 5.16. The van der Waals surface area contributed by atoms with Gasteiger partial charge in [-0.25, -0.2) is 0 Å². The monoisotopic (exact) mass is 233 g/mol. The van der Waals surface area contributed by atoms with E-state index in [1.54, 1.807) is 18.2 Å². The number of nitrogens with zero attached hydrogens (tertiary/aromatic N) is 1. The first-order valence-electron chi connectivity index (χ1n) is 6.08. The van der Waals surface area contributed by atoms with Crippen molar-refractivity contribution in [1.29, 1.82) is 0 Å². The second-order valence-electron chi connectivity index (χ2n) is 5.16. The molecule has 2 atom stereocenters. The van der Waals surface area contributed by atoms with Gasteiger partial charge in [-0.3, -0.25) is 4.79 Å². The lowest BCUT2D eigenvalue weighted by molar-refractivity contribution is 0.0784. The van der Waals surface area contributed by atoms with Gasteiger partial charge in [-0.2, -0.15) is 0 Å². The topological polar surface area (TPSA) is 40.5 Å². The molecule has 0 aromatic heterocycles. The van der Waals surface area contributed by atoms with E-state index in [-0.39, 0.29) is 11.7 Å². The van der Waals surface area contributed by atoms with Gasteiger partial charge in [0.2, 0.25) is 0 Å². The predicted molar refractivity (Wildman–Crippen MR) is 67.1 cm³/mol. The molecule has 1 aliphatic rings. The third kappa shape index (κ3) is 2.28. The number of hydrogen-bond acceptors (Lipinski definition) is 2. The van der Waals surface area contributed by atoms with E-state index in [4.69, 9.17) is 0 Å². The zero-order valence-electron chi connectivity index (χ0n) is 10.6. The number of phenolic OH excluding ortho intramolecular Hbond substituents is 1. The molecular formula is C14H19NO2. The Morgan fingerprint density at radius 3 is 2.41 bits per heavy atom. The summed E-state index contributed by atoms with van der Waals surface area (Å²) in [7, 11) is 0. The highest BCUT2D eigenvalue weighted by molar-refractivity contribution is 5.96. The van der Waals surface area contributed by atoms with Crippen LogP contribution in [0.5, 0.6) is 5.75 Å². The maximum atomic E-state index is 12.3. The molecule has 92 valence electrons. The molecule has 3 heteroatoms. The zero-order valence-corrected chi connectivity index (χ0v) is 10.6. The summed E-state index contributed by atoms with van der Waals surface area (Å²) >= 11 is 0. The minimum atomic E-state index is 0.0821. The number of aryl methyl sites for hydroxylation is 1. The molecule has 1 N–H and O–H groups in total. The number of carbonyl (C=O) groups excluding carboxylic acids is 1. The van der Waals surface area contributed by atoms with E-state index >= 15 is 0 Å². The van der Waals surface area contributed by atoms with Crippen LogP contribution in [0.4, 0.5) is 0 Å². The van der Waals surface area contributed by atoms with Gasteiger partial charge in [0.05, 0.1) is 0 Å². The van der Waals surface area contributed by atoms with Gasteiger partial charge in [0.1, 0.15) is 5.75 Å². The summed E-state index contributed by atoms with van der Waals surface area (Å²) in [5, 5.41) is 9.34. The highest BCUT2D eigenvalue weighted by Gasteiger charge is 2.30. The standard InChI is InChI=1S/C14H19NO2/c1-9-6-12(16)4-5-13(9)14(17)15-7-10(2)11(3)8-15/h4-6,10-11,16H,7-8H2,1-3H3. The summed E-state index contributed by atoms with van der Waals surface area (Å²) < 4.78 is 0. The van der Waals surface area contributed by atoms with Gasteiger partial charge in [-0.15, -0.1) is 0 Å². The predicted octanol–water partition coefficient (Wildman–Crippen LogP) is 2.43. The van der Waals surface area contributed by atoms with E-state index in [1.165, 1.54) is 0 Å². The van der Waals surface area contributed by atoms with Crippen molar-refractivity contribution < 1.29 is 9.90 Å². The summed E-state index contributed by atoms with van der Waals surface area (Å²) in [6.45, 7) is 7.89. The van der Waals surface area contributed by atoms with Gasteiger partial charge in [0, 0.05) is 18.7 Å². The van der Waals surface area contributed by atoms with Crippen molar-refractivity contribution in [3.63, 3.8) is 0 Å². The first-order valence-corrected chi connectivity index (χ1v) is 6.08. The summed E-state index contributed by atoms with van der Waals surface area (Å²) in [6.07, 6.45) is 0. The van der Waals surface area contributed by atoms with Crippen LogP contribution in [0.15, 0.2) is 18.2 Å². The number of likely N-dealkylation sites (tertiary alicyclic amines) is 1. The van der Waals surface area contributed by atoms with Crippen LogP contribution in [0.2, 0.25) is 0 Å². The van der Waals surface area contributed by atoms with Crippen LogP contribution in [0.1, 0.15) is 29.8 Å². The van der Waals surface area contributed by atoms with Crippen LogP contribution < -0.4 is 0 Å². The van der Waals surface area contributed by atoms with E-state index < -0.39 is 0 Å². The average Bonchev–Trinajstić information content (AvgIpc) is 2.58. The molecule has 1 aromatic carbocycles. The molecule has 0 bridgehead atoms. The number of rotatable bonds is 1. The zero-order chi connectivity index (χ0) is 12.6. The molecule has 17 heavy (non-hydrogen) atoms. The lowest BCUT2D eigenvalue weighted by atomic mass is 10.0. The summed E-state index contributed by atoms with van der Waals surface area (Å²) in [5.74, 6) is 1.42. The van der Waals surface area contributed by atoms with Crippen molar-refractivity contribution in [3.8, 4) is 5.75 Å². The van der Waals surface area contributed by atoms with Crippen LogP contribution in [0.25, 0.3) is 0 Å². The van der Waals surface area contributed by atoms with Crippen molar-refractivity contribution >= 4 is 5.91 Å². The van der Waals surface area contributed by atoms with Crippen molar-refractivity contribution in [2.45, 2.75) is 20.8 Å². The first-order chi connectivity index (χ1) is 7.99. The Balaban J connectivity index is 2.20. The molecule has 0 aliphatic carbocycles. The average molecular weight is 233 g/mol. The minimum Gasteiger partial charge on any atom is -0.508 e. The molecule has 3 nitrogen and oxygen atoms in total. The minimum absolute atomic E-state index is 0.0821. The van der Waals surface area contributed by atoms with Crippen LogP contribution in [-0.2, 0) is 0 Å². The maximum absolute atomic E-state index is 12.3. The van der Waals surface area contributed by atoms with Crippen LogP contribution in [-0.4, -0.2) is 29.0 Å². The van der Waals surface area contributed by atoms with E-state index in [9.17, 15) is 9.90 Å².